The Labute approximate surface area is 234 Å². The van der Waals surface area contributed by atoms with Gasteiger partial charge in [-0.25, -0.2) is 4.39 Å². The molecule has 0 saturated heterocycles. The summed E-state index contributed by atoms with van der Waals surface area (Å²) in [5, 5.41) is 13.3. The standard InChI is InChI=1S/C28H32ClF4N3O4/c1-26(2)11-16(12-26)14-35(15-21(37)22-19(29)5-4-6-20(22)30)24(38)18-13-34-36(23(18)28(31,32)33)17-7-9-27(3,10-8-17)25(39)40/h4-6,13,16-17H,7-12,14-15H2,1-3H3,(H,39,40). The largest absolute Gasteiger partial charge is 0.481 e. The van der Waals surface area contributed by atoms with Crippen LogP contribution in [0.15, 0.2) is 24.4 Å². The third-order valence-electron chi connectivity index (χ3n) is 8.24. The molecule has 2 fully saturated rings. The van der Waals surface area contributed by atoms with E-state index in [2.05, 4.69) is 5.10 Å². The number of hydrogen-bond acceptors (Lipinski definition) is 4. The summed E-state index contributed by atoms with van der Waals surface area (Å²) in [6.45, 7) is 4.99. The van der Waals surface area contributed by atoms with Gasteiger partial charge in [0.05, 0.1) is 40.3 Å². The first-order valence-corrected chi connectivity index (χ1v) is 13.5. The molecule has 0 bridgehead atoms. The molecular formula is C28H32ClF4N3O4. The number of carboxylic acid groups (broad SMARTS) is 1. The monoisotopic (exact) mass is 585 g/mol. The highest BCUT2D eigenvalue weighted by Crippen LogP contribution is 2.46. The van der Waals surface area contributed by atoms with Gasteiger partial charge >= 0.3 is 12.1 Å². The Hall–Kier alpha value is -2.95. The van der Waals surface area contributed by atoms with Gasteiger partial charge in [0.15, 0.2) is 11.5 Å². The van der Waals surface area contributed by atoms with E-state index in [0.717, 1.165) is 21.8 Å². The molecule has 1 aromatic heterocycles. The number of carbonyl (C=O) groups is 3. The Bertz CT molecular complexity index is 1290. The first kappa shape index (κ1) is 30.0. The minimum Gasteiger partial charge on any atom is -0.481 e. The topological polar surface area (TPSA) is 92.5 Å². The number of nitrogens with zero attached hydrogens (tertiary/aromatic N) is 3. The Morgan fingerprint density at radius 3 is 2.30 bits per heavy atom. The number of halogens is 5. The van der Waals surface area contributed by atoms with Gasteiger partial charge in [0.1, 0.15) is 5.82 Å². The van der Waals surface area contributed by atoms with Gasteiger partial charge in [-0.3, -0.25) is 19.1 Å². The SMILES string of the molecule is CC1(C)CC(CN(CC(=O)c2c(F)cccc2Cl)C(=O)c2cnn(C3CCC(C)(C(=O)O)CC3)c2C(F)(F)F)C1. The van der Waals surface area contributed by atoms with E-state index in [1.54, 1.807) is 6.92 Å². The molecule has 1 N–H and O–H groups in total. The predicted octanol–water partition coefficient (Wildman–Crippen LogP) is 6.66. The maximum Gasteiger partial charge on any atom is 0.433 e. The van der Waals surface area contributed by atoms with Gasteiger partial charge in [-0.2, -0.15) is 18.3 Å². The summed E-state index contributed by atoms with van der Waals surface area (Å²) in [6.07, 6.45) is -2.06. The number of amides is 1. The molecule has 1 amide bonds. The molecule has 0 atom stereocenters. The molecule has 4 rings (SSSR count). The van der Waals surface area contributed by atoms with Crippen LogP contribution >= 0.6 is 11.6 Å². The quantitative estimate of drug-likeness (QED) is 0.276. The normalized spacial score (nSPS) is 22.9. The van der Waals surface area contributed by atoms with Crippen molar-refractivity contribution in [2.24, 2.45) is 16.7 Å². The van der Waals surface area contributed by atoms with Gasteiger partial charge in [0, 0.05) is 6.54 Å². The van der Waals surface area contributed by atoms with E-state index in [9.17, 15) is 37.1 Å². The summed E-state index contributed by atoms with van der Waals surface area (Å²) in [7, 11) is 0. The fourth-order valence-corrected chi connectivity index (χ4v) is 6.39. The number of rotatable bonds is 8. The van der Waals surface area contributed by atoms with Crippen molar-refractivity contribution in [1.82, 2.24) is 14.7 Å². The minimum absolute atomic E-state index is 0.00564. The lowest BCUT2D eigenvalue weighted by molar-refractivity contribution is -0.152. The number of carboxylic acids is 1. The second kappa shape index (κ2) is 10.8. The van der Waals surface area contributed by atoms with Crippen molar-refractivity contribution in [2.75, 3.05) is 13.1 Å². The maximum atomic E-state index is 14.4. The van der Waals surface area contributed by atoms with E-state index in [1.807, 2.05) is 13.8 Å². The summed E-state index contributed by atoms with van der Waals surface area (Å²) >= 11 is 6.04. The molecule has 0 radical (unpaired) electrons. The van der Waals surface area contributed by atoms with Gasteiger partial charge in [0.2, 0.25) is 0 Å². The van der Waals surface area contributed by atoms with Crippen LogP contribution in [0, 0.1) is 22.6 Å². The van der Waals surface area contributed by atoms with E-state index in [0.29, 0.717) is 12.8 Å². The van der Waals surface area contributed by atoms with Gasteiger partial charge in [0.25, 0.3) is 5.91 Å². The summed E-state index contributed by atoms with van der Waals surface area (Å²) in [4.78, 5) is 39.4. The third-order valence-corrected chi connectivity index (χ3v) is 8.55. The Kier molecular flexibility index (Phi) is 8.10. The van der Waals surface area contributed by atoms with Crippen LogP contribution in [-0.4, -0.2) is 50.5 Å². The van der Waals surface area contributed by atoms with Gasteiger partial charge in [-0.05, 0) is 68.9 Å². The van der Waals surface area contributed by atoms with Crippen LogP contribution in [0.2, 0.25) is 5.02 Å². The molecule has 2 aliphatic rings. The summed E-state index contributed by atoms with van der Waals surface area (Å²) < 4.78 is 58.5. The smallest absolute Gasteiger partial charge is 0.433 e. The second-order valence-electron chi connectivity index (χ2n) is 12.1. The molecule has 0 spiro atoms. The van der Waals surface area contributed by atoms with Crippen LogP contribution in [0.1, 0.15) is 91.7 Å². The van der Waals surface area contributed by atoms with Crippen molar-refractivity contribution in [3.63, 3.8) is 0 Å². The Morgan fingerprint density at radius 1 is 1.15 bits per heavy atom. The molecular weight excluding hydrogens is 554 g/mol. The fraction of sp³-hybridized carbons (Fsp3) is 0.571. The van der Waals surface area contributed by atoms with Crippen molar-refractivity contribution in [1.29, 1.82) is 0 Å². The number of carbonyl (C=O) groups excluding carboxylic acids is 2. The van der Waals surface area contributed by atoms with E-state index >= 15 is 0 Å². The lowest BCUT2D eigenvalue weighted by atomic mass is 9.64. The zero-order valence-corrected chi connectivity index (χ0v) is 23.3. The molecule has 0 aliphatic heterocycles. The number of aliphatic carboxylic acids is 1. The number of ketones is 1. The number of benzene rings is 1. The van der Waals surface area contributed by atoms with Crippen LogP contribution < -0.4 is 0 Å². The molecule has 12 heteroatoms. The van der Waals surface area contributed by atoms with Crippen molar-refractivity contribution >= 4 is 29.3 Å². The first-order valence-electron chi connectivity index (χ1n) is 13.2. The van der Waals surface area contributed by atoms with Crippen molar-refractivity contribution in [3.05, 3.63) is 52.1 Å². The molecule has 1 heterocycles. The van der Waals surface area contributed by atoms with Crippen LogP contribution in [0.4, 0.5) is 17.6 Å². The minimum atomic E-state index is -4.95. The van der Waals surface area contributed by atoms with Crippen molar-refractivity contribution in [2.45, 2.75) is 71.5 Å². The highest BCUT2D eigenvalue weighted by molar-refractivity contribution is 6.34. The van der Waals surface area contributed by atoms with Crippen molar-refractivity contribution in [3.8, 4) is 0 Å². The van der Waals surface area contributed by atoms with E-state index in [-0.39, 0.29) is 48.6 Å². The molecule has 0 unspecified atom stereocenters. The summed E-state index contributed by atoms with van der Waals surface area (Å²) in [5.74, 6) is -3.79. The van der Waals surface area contributed by atoms with Crippen LogP contribution in [0.5, 0.6) is 0 Å². The van der Waals surface area contributed by atoms with E-state index in [4.69, 9.17) is 11.6 Å². The zero-order valence-electron chi connectivity index (χ0n) is 22.5. The number of alkyl halides is 3. The zero-order chi connectivity index (χ0) is 29.6. The Balaban J connectivity index is 1.65. The summed E-state index contributed by atoms with van der Waals surface area (Å²) in [5.41, 5.74) is -3.40. The average molecular weight is 586 g/mol. The summed E-state index contributed by atoms with van der Waals surface area (Å²) in [6, 6.07) is 2.95. The van der Waals surface area contributed by atoms with Crippen LogP contribution in [-0.2, 0) is 11.0 Å². The fourth-order valence-electron chi connectivity index (χ4n) is 6.13. The highest BCUT2D eigenvalue weighted by atomic mass is 35.5. The lowest BCUT2D eigenvalue weighted by Gasteiger charge is -2.44. The molecule has 218 valence electrons. The molecule has 1 aromatic carbocycles. The average Bonchev–Trinajstić information content (AvgIpc) is 3.28. The van der Waals surface area contributed by atoms with Gasteiger partial charge in [-0.1, -0.05) is 31.5 Å². The van der Waals surface area contributed by atoms with E-state index in [1.165, 1.54) is 12.1 Å². The number of hydrogen-bond donors (Lipinski definition) is 1. The predicted molar refractivity (Wildman–Crippen MR) is 139 cm³/mol. The molecule has 40 heavy (non-hydrogen) atoms. The third kappa shape index (κ3) is 6.04. The van der Waals surface area contributed by atoms with Crippen LogP contribution in [0.3, 0.4) is 0 Å². The number of aromatic nitrogens is 2. The maximum absolute atomic E-state index is 14.4. The van der Waals surface area contributed by atoms with Crippen LogP contribution in [0.25, 0.3) is 0 Å². The molecule has 2 aliphatic carbocycles. The molecule has 7 nitrogen and oxygen atoms in total. The Morgan fingerprint density at radius 2 is 1.77 bits per heavy atom. The number of Topliss-reactive ketones (excluding diaryl/α,β-unsaturated/α-hetero) is 1. The highest BCUT2D eigenvalue weighted by Gasteiger charge is 2.46. The van der Waals surface area contributed by atoms with Gasteiger partial charge in [-0.15, -0.1) is 0 Å². The van der Waals surface area contributed by atoms with E-state index < -0.39 is 64.5 Å². The first-order chi connectivity index (χ1) is 18.5. The molecule has 2 aromatic rings. The second-order valence-corrected chi connectivity index (χ2v) is 12.5. The van der Waals surface area contributed by atoms with Crippen molar-refractivity contribution < 1.29 is 37.1 Å². The van der Waals surface area contributed by atoms with Gasteiger partial charge < -0.3 is 10.0 Å². The molecule has 2 saturated carbocycles. The lowest BCUT2D eigenvalue weighted by Crippen LogP contribution is -2.45.